The Bertz CT molecular complexity index is 723. The molecule has 0 aliphatic carbocycles. The number of nitrogens with one attached hydrogen (secondary N) is 1. The molecule has 1 N–H and O–H groups in total. The van der Waals surface area contributed by atoms with E-state index in [1.807, 2.05) is 29.6 Å². The molecular formula is C16H15N3OS2. The minimum absolute atomic E-state index is 0.00155. The third kappa shape index (κ3) is 3.64. The van der Waals surface area contributed by atoms with Gasteiger partial charge < -0.3 is 5.32 Å². The van der Waals surface area contributed by atoms with Crippen LogP contribution in [0.3, 0.4) is 0 Å². The van der Waals surface area contributed by atoms with Crippen LogP contribution in [0.2, 0.25) is 0 Å². The van der Waals surface area contributed by atoms with Crippen molar-refractivity contribution < 1.29 is 4.79 Å². The lowest BCUT2D eigenvalue weighted by atomic mass is 10.0. The highest BCUT2D eigenvalue weighted by atomic mass is 32.2. The maximum absolute atomic E-state index is 12.0. The van der Waals surface area contributed by atoms with Gasteiger partial charge in [-0.05, 0) is 35.9 Å². The molecule has 2 heterocycles. The number of benzene rings is 1. The van der Waals surface area contributed by atoms with E-state index in [0.717, 1.165) is 4.88 Å². The van der Waals surface area contributed by atoms with Crippen molar-refractivity contribution in [1.29, 1.82) is 0 Å². The molecule has 6 heteroatoms. The third-order valence-corrected chi connectivity index (χ3v) is 5.20. The Labute approximate surface area is 137 Å². The summed E-state index contributed by atoms with van der Waals surface area (Å²) in [6, 6.07) is 12.1. The highest BCUT2D eigenvalue weighted by molar-refractivity contribution is 8.15. The van der Waals surface area contributed by atoms with E-state index in [-0.39, 0.29) is 11.2 Å². The number of thiophene rings is 1. The van der Waals surface area contributed by atoms with Gasteiger partial charge >= 0.3 is 0 Å². The molecule has 1 fully saturated rings. The minimum atomic E-state index is -0.142. The number of hydrogen-bond donors (Lipinski definition) is 1. The van der Waals surface area contributed by atoms with Gasteiger partial charge in [0.1, 0.15) is 0 Å². The van der Waals surface area contributed by atoms with Crippen molar-refractivity contribution in [3.8, 4) is 0 Å². The smallest absolute Gasteiger partial charge is 0.239 e. The highest BCUT2D eigenvalue weighted by Gasteiger charge is 2.30. The Kier molecular flexibility index (Phi) is 4.70. The molecule has 0 saturated carbocycles. The summed E-state index contributed by atoms with van der Waals surface area (Å²) < 4.78 is 0. The number of hydrogen-bond acceptors (Lipinski definition) is 5. The molecule has 0 bridgehead atoms. The van der Waals surface area contributed by atoms with Gasteiger partial charge in [0, 0.05) is 4.88 Å². The summed E-state index contributed by atoms with van der Waals surface area (Å²) in [4.78, 5) is 13.1. The Morgan fingerprint density at radius 3 is 2.91 bits per heavy atom. The molecule has 1 amide bonds. The van der Waals surface area contributed by atoms with Crippen LogP contribution in [0, 0.1) is 6.92 Å². The van der Waals surface area contributed by atoms with Gasteiger partial charge in [-0.3, -0.25) is 4.79 Å². The Balaban J connectivity index is 1.64. The number of thioether (sulfide) groups is 1. The summed E-state index contributed by atoms with van der Waals surface area (Å²) in [6.07, 6.45) is 2.40. The van der Waals surface area contributed by atoms with Crippen LogP contribution in [0.15, 0.2) is 52.0 Å². The first-order valence-corrected chi connectivity index (χ1v) is 8.65. The lowest BCUT2D eigenvalue weighted by molar-refractivity contribution is -0.118. The largest absolute Gasteiger partial charge is 0.303 e. The second-order valence-electron chi connectivity index (χ2n) is 4.89. The normalized spacial score (nSPS) is 20.0. The topological polar surface area (TPSA) is 53.8 Å². The SMILES string of the molecule is Cc1ccccc1CC1S/C(=N/N=C/c2cccs2)NC1=O. The van der Waals surface area contributed by atoms with Gasteiger partial charge in [-0.2, -0.15) is 5.10 Å². The Morgan fingerprint density at radius 2 is 2.14 bits per heavy atom. The van der Waals surface area contributed by atoms with Crippen molar-refractivity contribution in [1.82, 2.24) is 5.32 Å². The number of aryl methyl sites for hydroxylation is 1. The van der Waals surface area contributed by atoms with Crippen molar-refractivity contribution in [2.75, 3.05) is 0 Å². The molecule has 1 saturated heterocycles. The zero-order valence-corrected chi connectivity index (χ0v) is 13.7. The van der Waals surface area contributed by atoms with Crippen LogP contribution in [0.25, 0.3) is 0 Å². The van der Waals surface area contributed by atoms with Crippen LogP contribution in [0.1, 0.15) is 16.0 Å². The minimum Gasteiger partial charge on any atom is -0.303 e. The van der Waals surface area contributed by atoms with Crippen LogP contribution in [-0.2, 0) is 11.2 Å². The van der Waals surface area contributed by atoms with Gasteiger partial charge in [0.15, 0.2) is 5.17 Å². The second-order valence-corrected chi connectivity index (χ2v) is 7.06. The maximum Gasteiger partial charge on any atom is 0.239 e. The second kappa shape index (κ2) is 6.89. The van der Waals surface area contributed by atoms with Crippen LogP contribution in [0.4, 0.5) is 0 Å². The lowest BCUT2D eigenvalue weighted by Gasteiger charge is -2.07. The summed E-state index contributed by atoms with van der Waals surface area (Å²) in [6.45, 7) is 2.06. The molecule has 4 nitrogen and oxygen atoms in total. The van der Waals surface area contributed by atoms with E-state index in [2.05, 4.69) is 34.6 Å². The summed E-state index contributed by atoms with van der Waals surface area (Å²) >= 11 is 3.04. The van der Waals surface area contributed by atoms with Crippen molar-refractivity contribution in [3.63, 3.8) is 0 Å². The molecule has 0 spiro atoms. The molecule has 3 rings (SSSR count). The zero-order chi connectivity index (χ0) is 15.4. The molecule has 0 radical (unpaired) electrons. The third-order valence-electron chi connectivity index (χ3n) is 3.32. The van der Waals surface area contributed by atoms with E-state index in [4.69, 9.17) is 0 Å². The number of rotatable bonds is 4. The molecule has 1 aliphatic rings. The highest BCUT2D eigenvalue weighted by Crippen LogP contribution is 2.24. The summed E-state index contributed by atoms with van der Waals surface area (Å²) in [7, 11) is 0. The molecule has 22 heavy (non-hydrogen) atoms. The average molecular weight is 329 g/mol. The van der Waals surface area contributed by atoms with Crippen molar-refractivity contribution in [2.24, 2.45) is 10.2 Å². The van der Waals surface area contributed by atoms with Crippen LogP contribution >= 0.6 is 23.1 Å². The fourth-order valence-electron chi connectivity index (χ4n) is 2.13. The summed E-state index contributed by atoms with van der Waals surface area (Å²) in [5, 5.41) is 13.3. The van der Waals surface area contributed by atoms with Crippen molar-refractivity contribution >= 4 is 40.4 Å². The molecule has 1 aromatic carbocycles. The molecule has 2 aromatic rings. The van der Waals surface area contributed by atoms with Gasteiger partial charge in [0.2, 0.25) is 5.91 Å². The predicted molar refractivity (Wildman–Crippen MR) is 93.8 cm³/mol. The van der Waals surface area contributed by atoms with Crippen LogP contribution in [-0.4, -0.2) is 22.5 Å². The molecule has 1 atom stereocenters. The van der Waals surface area contributed by atoms with Crippen LogP contribution < -0.4 is 5.32 Å². The Morgan fingerprint density at radius 1 is 1.27 bits per heavy atom. The van der Waals surface area contributed by atoms with E-state index < -0.39 is 0 Å². The van der Waals surface area contributed by atoms with E-state index in [1.54, 1.807) is 17.6 Å². The first-order valence-electron chi connectivity index (χ1n) is 6.89. The number of carbonyl (C=O) groups is 1. The van der Waals surface area contributed by atoms with Crippen LogP contribution in [0.5, 0.6) is 0 Å². The fourth-order valence-corrected chi connectivity index (χ4v) is 3.66. The van der Waals surface area contributed by atoms with Crippen molar-refractivity contribution in [3.05, 3.63) is 57.8 Å². The first-order chi connectivity index (χ1) is 10.7. The summed E-state index contributed by atoms with van der Waals surface area (Å²) in [5.74, 6) is -0.00155. The first kappa shape index (κ1) is 15.0. The van der Waals surface area contributed by atoms with Gasteiger partial charge in [-0.1, -0.05) is 42.1 Å². The van der Waals surface area contributed by atoms with E-state index in [1.165, 1.54) is 22.9 Å². The standard InChI is InChI=1S/C16H15N3OS2/c1-11-5-2-3-6-12(11)9-14-15(20)18-16(22-14)19-17-10-13-7-4-8-21-13/h2-8,10,14H,9H2,1H3,(H,18,19,20)/b17-10+. The molecule has 1 unspecified atom stereocenters. The predicted octanol–water partition coefficient (Wildman–Crippen LogP) is 3.22. The molecule has 1 aromatic heterocycles. The van der Waals surface area contributed by atoms with Gasteiger partial charge in [-0.25, -0.2) is 0 Å². The fraction of sp³-hybridized carbons (Fsp3) is 0.188. The van der Waals surface area contributed by atoms with Gasteiger partial charge in [0.05, 0.1) is 11.5 Å². The van der Waals surface area contributed by atoms with E-state index >= 15 is 0 Å². The summed E-state index contributed by atoms with van der Waals surface area (Å²) in [5.41, 5.74) is 2.40. The van der Waals surface area contributed by atoms with Gasteiger partial charge in [-0.15, -0.1) is 16.4 Å². The van der Waals surface area contributed by atoms with E-state index in [9.17, 15) is 4.79 Å². The van der Waals surface area contributed by atoms with Gasteiger partial charge in [0.25, 0.3) is 0 Å². The average Bonchev–Trinajstić information content (AvgIpc) is 3.12. The zero-order valence-electron chi connectivity index (χ0n) is 12.0. The Hall–Kier alpha value is -1.92. The van der Waals surface area contributed by atoms with E-state index in [0.29, 0.717) is 11.6 Å². The monoisotopic (exact) mass is 329 g/mol. The lowest BCUT2D eigenvalue weighted by Crippen LogP contribution is -2.26. The number of nitrogens with zero attached hydrogens (tertiary/aromatic N) is 2. The molecule has 1 aliphatic heterocycles. The molecule has 112 valence electrons. The maximum atomic E-state index is 12.0. The number of carbonyl (C=O) groups excluding carboxylic acids is 1. The van der Waals surface area contributed by atoms with Crippen molar-refractivity contribution in [2.45, 2.75) is 18.6 Å². The number of amides is 1. The molecular weight excluding hydrogens is 314 g/mol. The number of amidine groups is 1. The quantitative estimate of drug-likeness (QED) is 0.692.